The molecule has 0 spiro atoms. The van der Waals surface area contributed by atoms with Crippen LogP contribution in [-0.4, -0.2) is 35.1 Å². The van der Waals surface area contributed by atoms with Gasteiger partial charge in [-0.15, -0.1) is 0 Å². The molecule has 144 valence electrons. The highest BCUT2D eigenvalue weighted by molar-refractivity contribution is 6.22. The predicted octanol–water partition coefficient (Wildman–Crippen LogP) is 1.94. The van der Waals surface area contributed by atoms with Gasteiger partial charge in [-0.25, -0.2) is 0 Å². The molecule has 0 saturated heterocycles. The van der Waals surface area contributed by atoms with Crippen molar-refractivity contribution in [3.63, 3.8) is 0 Å². The van der Waals surface area contributed by atoms with Crippen molar-refractivity contribution < 1.29 is 24.3 Å². The summed E-state index contributed by atoms with van der Waals surface area (Å²) in [5, 5.41) is 13.7. The number of imide groups is 1. The van der Waals surface area contributed by atoms with E-state index in [0.29, 0.717) is 18.9 Å². The van der Waals surface area contributed by atoms with E-state index in [1.54, 1.807) is 6.07 Å². The molecule has 2 aromatic carbocycles. The van der Waals surface area contributed by atoms with Crippen molar-refractivity contribution in [2.75, 3.05) is 11.9 Å². The minimum absolute atomic E-state index is 0.0916. The Bertz CT molecular complexity index is 981. The summed E-state index contributed by atoms with van der Waals surface area (Å²) in [5.41, 5.74) is 0.533. The monoisotopic (exact) mass is 379 g/mol. The topological polar surface area (TPSA) is 107 Å². The van der Waals surface area contributed by atoms with E-state index in [4.69, 9.17) is 0 Å². The van der Waals surface area contributed by atoms with Gasteiger partial charge in [-0.1, -0.05) is 32.0 Å². The third-order valence-electron chi connectivity index (χ3n) is 4.56. The van der Waals surface area contributed by atoms with Crippen LogP contribution in [0.5, 0.6) is 0 Å². The average Bonchev–Trinajstić information content (AvgIpc) is 2.90. The molecule has 7 heteroatoms. The van der Waals surface area contributed by atoms with Gasteiger partial charge in [0.2, 0.25) is 0 Å². The molecule has 0 radical (unpaired) electrons. The molecule has 0 aromatic heterocycles. The van der Waals surface area contributed by atoms with Gasteiger partial charge in [-0.3, -0.25) is 19.3 Å². The molecule has 3 amide bonds. The number of aromatic carboxylic acids is 1. The van der Waals surface area contributed by atoms with Gasteiger partial charge < -0.3 is 15.2 Å². The number of nitrogens with one attached hydrogen (secondary N) is 1. The molecule has 0 saturated carbocycles. The number of carbonyl (C=O) groups is 4. The summed E-state index contributed by atoms with van der Waals surface area (Å²) >= 11 is 0. The first-order valence-electron chi connectivity index (χ1n) is 8.91. The van der Waals surface area contributed by atoms with Crippen LogP contribution >= 0.6 is 0 Å². The molecule has 0 bridgehead atoms. The summed E-state index contributed by atoms with van der Waals surface area (Å²) in [7, 11) is 0. The molecule has 0 aliphatic carbocycles. The first-order chi connectivity index (χ1) is 13.3. The number of carbonyl (C=O) groups excluding carboxylic acids is 4. The van der Waals surface area contributed by atoms with Crippen molar-refractivity contribution in [3.8, 4) is 0 Å². The molecule has 1 aliphatic rings. The number of amides is 3. The summed E-state index contributed by atoms with van der Waals surface area (Å²) in [6.07, 6.45) is 0.693. The molecule has 0 fully saturated rings. The number of anilines is 1. The van der Waals surface area contributed by atoms with Gasteiger partial charge >= 0.3 is 0 Å². The molecule has 2 aromatic rings. The molecule has 1 N–H and O–H groups in total. The standard InChI is InChI=1S/C21H20N2O5/c1-12(2)9-10-23-19(25)14-8-7-13(11-16(14)20(23)26)18(24)22-17-6-4-3-5-15(17)21(27)28/h3-8,11-12H,9-10H2,1-2H3,(H,22,24)(H,27,28)/p-1. The van der Waals surface area contributed by atoms with E-state index in [-0.39, 0.29) is 33.8 Å². The second-order valence-electron chi connectivity index (χ2n) is 6.99. The number of hydrogen-bond acceptors (Lipinski definition) is 5. The van der Waals surface area contributed by atoms with E-state index >= 15 is 0 Å². The fourth-order valence-corrected chi connectivity index (χ4v) is 2.99. The quantitative estimate of drug-likeness (QED) is 0.772. The first-order valence-corrected chi connectivity index (χ1v) is 8.91. The lowest BCUT2D eigenvalue weighted by molar-refractivity contribution is -0.254. The largest absolute Gasteiger partial charge is 0.545 e. The lowest BCUT2D eigenvalue weighted by atomic mass is 10.0. The summed E-state index contributed by atoms with van der Waals surface area (Å²) in [4.78, 5) is 49.9. The second kappa shape index (κ2) is 7.64. The zero-order valence-electron chi connectivity index (χ0n) is 15.5. The van der Waals surface area contributed by atoms with Crippen LogP contribution in [0.15, 0.2) is 42.5 Å². The fraction of sp³-hybridized carbons (Fsp3) is 0.238. The minimum Gasteiger partial charge on any atom is -0.545 e. The molecule has 7 nitrogen and oxygen atoms in total. The zero-order valence-corrected chi connectivity index (χ0v) is 15.5. The Morgan fingerprint density at radius 1 is 1.04 bits per heavy atom. The Hall–Kier alpha value is -3.48. The van der Waals surface area contributed by atoms with Gasteiger partial charge in [-0.05, 0) is 36.6 Å². The van der Waals surface area contributed by atoms with Crippen LogP contribution in [0.1, 0.15) is 61.7 Å². The van der Waals surface area contributed by atoms with E-state index < -0.39 is 17.8 Å². The number of benzene rings is 2. The van der Waals surface area contributed by atoms with Gasteiger partial charge in [0.05, 0.1) is 22.8 Å². The highest BCUT2D eigenvalue weighted by Crippen LogP contribution is 2.25. The van der Waals surface area contributed by atoms with Crippen LogP contribution in [0, 0.1) is 5.92 Å². The molecular weight excluding hydrogens is 360 g/mol. The van der Waals surface area contributed by atoms with Crippen LogP contribution in [-0.2, 0) is 0 Å². The molecule has 1 aliphatic heterocycles. The number of carboxylic acid groups (broad SMARTS) is 1. The number of rotatable bonds is 6. The summed E-state index contributed by atoms with van der Waals surface area (Å²) in [6, 6.07) is 10.1. The highest BCUT2D eigenvalue weighted by Gasteiger charge is 2.35. The Kier molecular flexibility index (Phi) is 5.26. The maximum atomic E-state index is 12.6. The highest BCUT2D eigenvalue weighted by atomic mass is 16.4. The second-order valence-corrected chi connectivity index (χ2v) is 6.99. The predicted molar refractivity (Wildman–Crippen MR) is 100.0 cm³/mol. The summed E-state index contributed by atoms with van der Waals surface area (Å²) in [6.45, 7) is 4.33. The Morgan fingerprint density at radius 3 is 2.39 bits per heavy atom. The lowest BCUT2D eigenvalue weighted by Crippen LogP contribution is -2.31. The average molecular weight is 379 g/mol. The van der Waals surface area contributed by atoms with Crippen LogP contribution in [0.4, 0.5) is 5.69 Å². The van der Waals surface area contributed by atoms with E-state index in [1.165, 1.54) is 41.3 Å². The number of nitrogens with zero attached hydrogens (tertiary/aromatic N) is 1. The Balaban J connectivity index is 1.84. The van der Waals surface area contributed by atoms with Gasteiger partial charge in [0.15, 0.2) is 0 Å². The summed E-state index contributed by atoms with van der Waals surface area (Å²) in [5.74, 6) is -2.45. The smallest absolute Gasteiger partial charge is 0.261 e. The Morgan fingerprint density at radius 2 is 1.71 bits per heavy atom. The van der Waals surface area contributed by atoms with Gasteiger partial charge in [-0.2, -0.15) is 0 Å². The number of fused-ring (bicyclic) bond motifs is 1. The van der Waals surface area contributed by atoms with Crippen molar-refractivity contribution in [2.24, 2.45) is 5.92 Å². The van der Waals surface area contributed by atoms with Crippen molar-refractivity contribution in [3.05, 3.63) is 64.7 Å². The molecule has 3 rings (SSSR count). The first kappa shape index (κ1) is 19.3. The SMILES string of the molecule is CC(C)CCN1C(=O)c2ccc(C(=O)Nc3ccccc3C(=O)[O-])cc2C1=O. The van der Waals surface area contributed by atoms with Crippen molar-refractivity contribution >= 4 is 29.4 Å². The van der Waals surface area contributed by atoms with Crippen LogP contribution < -0.4 is 10.4 Å². The van der Waals surface area contributed by atoms with Gasteiger partial charge in [0.1, 0.15) is 0 Å². The lowest BCUT2D eigenvalue weighted by Gasteiger charge is -2.14. The van der Waals surface area contributed by atoms with Crippen LogP contribution in [0.2, 0.25) is 0 Å². The molecule has 28 heavy (non-hydrogen) atoms. The van der Waals surface area contributed by atoms with Crippen LogP contribution in [0.25, 0.3) is 0 Å². The van der Waals surface area contributed by atoms with E-state index in [0.717, 1.165) is 0 Å². The van der Waals surface area contributed by atoms with Gasteiger partial charge in [0, 0.05) is 17.7 Å². The zero-order chi connectivity index (χ0) is 20.4. The molecule has 0 atom stereocenters. The number of carboxylic acids is 1. The number of para-hydroxylation sites is 1. The van der Waals surface area contributed by atoms with E-state index in [9.17, 15) is 24.3 Å². The molecular formula is C21H19N2O5-. The van der Waals surface area contributed by atoms with Gasteiger partial charge in [0.25, 0.3) is 17.7 Å². The summed E-state index contributed by atoms with van der Waals surface area (Å²) < 4.78 is 0. The molecule has 0 unspecified atom stereocenters. The maximum absolute atomic E-state index is 12.6. The third kappa shape index (κ3) is 3.64. The van der Waals surface area contributed by atoms with Crippen molar-refractivity contribution in [1.82, 2.24) is 4.90 Å². The normalized spacial score (nSPS) is 13.0. The third-order valence-corrected chi connectivity index (χ3v) is 4.56. The maximum Gasteiger partial charge on any atom is 0.261 e. The molecule has 1 heterocycles. The number of hydrogen-bond donors (Lipinski definition) is 1. The minimum atomic E-state index is -1.41. The van der Waals surface area contributed by atoms with Crippen LogP contribution in [0.3, 0.4) is 0 Å². The van der Waals surface area contributed by atoms with Crippen molar-refractivity contribution in [1.29, 1.82) is 0 Å². The van der Waals surface area contributed by atoms with Crippen molar-refractivity contribution in [2.45, 2.75) is 20.3 Å². The Labute approximate surface area is 162 Å². The van der Waals surface area contributed by atoms with E-state index in [2.05, 4.69) is 5.32 Å². The van der Waals surface area contributed by atoms with E-state index in [1.807, 2.05) is 13.8 Å². The fourth-order valence-electron chi connectivity index (χ4n) is 2.99.